The van der Waals surface area contributed by atoms with E-state index in [1.54, 1.807) is 18.2 Å². The topological polar surface area (TPSA) is 73.9 Å². The molecule has 0 aliphatic carbocycles. The van der Waals surface area contributed by atoms with Crippen molar-refractivity contribution in [2.24, 2.45) is 0 Å². The van der Waals surface area contributed by atoms with Crippen molar-refractivity contribution < 1.29 is 13.7 Å². The summed E-state index contributed by atoms with van der Waals surface area (Å²) in [5.41, 5.74) is 2.22. The molecule has 0 fully saturated rings. The van der Waals surface area contributed by atoms with Crippen LogP contribution in [0.3, 0.4) is 0 Å². The Bertz CT molecular complexity index is 1070. The highest BCUT2D eigenvalue weighted by atomic mass is 19.1. The molecule has 6 nitrogen and oxygen atoms in total. The summed E-state index contributed by atoms with van der Waals surface area (Å²) in [7, 11) is 0. The number of hydrogen-bond donors (Lipinski definition) is 0. The van der Waals surface area contributed by atoms with Gasteiger partial charge in [0.25, 0.3) is 5.89 Å². The Balaban J connectivity index is 1.50. The number of benzene rings is 2. The molecule has 7 heteroatoms. The molecule has 27 heavy (non-hydrogen) atoms. The lowest BCUT2D eigenvalue weighted by molar-refractivity contribution is 0.235. The van der Waals surface area contributed by atoms with Gasteiger partial charge in [-0.1, -0.05) is 47.6 Å². The number of halogens is 1. The molecule has 0 aliphatic heterocycles. The smallest absolute Gasteiger partial charge is 0.264 e. The summed E-state index contributed by atoms with van der Waals surface area (Å²) in [6.07, 6.45) is 0. The van der Waals surface area contributed by atoms with Gasteiger partial charge in [-0.2, -0.15) is 9.97 Å². The minimum atomic E-state index is -0.361. The first kappa shape index (κ1) is 16.8. The van der Waals surface area contributed by atoms with E-state index in [1.807, 2.05) is 37.3 Å². The van der Waals surface area contributed by atoms with E-state index in [4.69, 9.17) is 9.26 Å². The van der Waals surface area contributed by atoms with Gasteiger partial charge < -0.3 is 9.26 Å². The molecule has 0 spiro atoms. The third-order valence-corrected chi connectivity index (χ3v) is 3.76. The first-order chi connectivity index (χ1) is 13.2. The molecule has 0 bridgehead atoms. The molecule has 0 unspecified atom stereocenters. The van der Waals surface area contributed by atoms with Gasteiger partial charge in [-0.05, 0) is 19.1 Å². The summed E-state index contributed by atoms with van der Waals surface area (Å²) in [6, 6.07) is 17.4. The van der Waals surface area contributed by atoms with Crippen LogP contribution in [0.4, 0.5) is 4.39 Å². The molecule has 0 saturated heterocycles. The molecule has 4 aromatic rings. The number of ether oxygens (including phenoxy) is 1. The Hall–Kier alpha value is -3.61. The van der Waals surface area contributed by atoms with Crippen molar-refractivity contribution in [3.63, 3.8) is 0 Å². The third kappa shape index (κ3) is 3.98. The van der Waals surface area contributed by atoms with Crippen molar-refractivity contribution >= 4 is 0 Å². The highest BCUT2D eigenvalue weighted by Crippen LogP contribution is 2.20. The summed E-state index contributed by atoms with van der Waals surface area (Å²) in [6.45, 7) is 1.92. The largest absolute Gasteiger partial charge is 0.467 e. The number of hydrogen-bond acceptors (Lipinski definition) is 6. The van der Waals surface area contributed by atoms with E-state index in [0.29, 0.717) is 23.1 Å². The second-order valence-corrected chi connectivity index (χ2v) is 5.85. The Morgan fingerprint density at radius 3 is 2.52 bits per heavy atom. The maximum atomic E-state index is 13.3. The molecule has 0 N–H and O–H groups in total. The number of rotatable bonds is 5. The predicted molar refractivity (Wildman–Crippen MR) is 96.2 cm³/mol. The predicted octanol–water partition coefficient (Wildman–Crippen LogP) is 4.22. The first-order valence-electron chi connectivity index (χ1n) is 8.30. The van der Waals surface area contributed by atoms with E-state index in [2.05, 4.69) is 20.1 Å². The summed E-state index contributed by atoms with van der Waals surface area (Å²) >= 11 is 0. The van der Waals surface area contributed by atoms with E-state index in [1.165, 1.54) is 12.1 Å². The van der Waals surface area contributed by atoms with Gasteiger partial charge in [0.2, 0.25) is 11.7 Å². The van der Waals surface area contributed by atoms with E-state index in [9.17, 15) is 4.39 Å². The normalized spacial score (nSPS) is 10.7. The molecular formula is C20H15FN4O2. The molecule has 0 radical (unpaired) electrons. The Morgan fingerprint density at radius 2 is 1.70 bits per heavy atom. The van der Waals surface area contributed by atoms with Crippen LogP contribution >= 0.6 is 0 Å². The van der Waals surface area contributed by atoms with Crippen LogP contribution < -0.4 is 4.74 Å². The van der Waals surface area contributed by atoms with Crippen molar-refractivity contribution in [2.75, 3.05) is 0 Å². The van der Waals surface area contributed by atoms with E-state index >= 15 is 0 Å². The average Bonchev–Trinajstić information content (AvgIpc) is 3.16. The monoisotopic (exact) mass is 362 g/mol. The van der Waals surface area contributed by atoms with Gasteiger partial charge in [-0.15, -0.1) is 0 Å². The van der Waals surface area contributed by atoms with Gasteiger partial charge in [0, 0.05) is 22.9 Å². The molecule has 134 valence electrons. The summed E-state index contributed by atoms with van der Waals surface area (Å²) in [5, 5.41) is 3.86. The quantitative estimate of drug-likeness (QED) is 0.529. The first-order valence-corrected chi connectivity index (χ1v) is 8.30. The van der Waals surface area contributed by atoms with Crippen LogP contribution in [0, 0.1) is 12.7 Å². The van der Waals surface area contributed by atoms with Crippen LogP contribution in [0.2, 0.25) is 0 Å². The van der Waals surface area contributed by atoms with Crippen LogP contribution in [0.15, 0.2) is 65.2 Å². The van der Waals surface area contributed by atoms with Crippen LogP contribution in [0.5, 0.6) is 5.88 Å². The van der Waals surface area contributed by atoms with Crippen molar-refractivity contribution in [1.29, 1.82) is 0 Å². The summed E-state index contributed by atoms with van der Waals surface area (Å²) in [4.78, 5) is 13.1. The molecule has 0 atom stereocenters. The second kappa shape index (κ2) is 7.33. The lowest BCUT2D eigenvalue weighted by Crippen LogP contribution is -2.01. The van der Waals surface area contributed by atoms with E-state index < -0.39 is 0 Å². The van der Waals surface area contributed by atoms with E-state index in [0.717, 1.165) is 11.3 Å². The van der Waals surface area contributed by atoms with Gasteiger partial charge in [-0.25, -0.2) is 9.37 Å². The van der Waals surface area contributed by atoms with Gasteiger partial charge in [-0.3, -0.25) is 0 Å². The van der Waals surface area contributed by atoms with Crippen LogP contribution in [-0.4, -0.2) is 20.1 Å². The van der Waals surface area contributed by atoms with Crippen LogP contribution in [-0.2, 0) is 6.61 Å². The lowest BCUT2D eigenvalue weighted by Gasteiger charge is -2.06. The zero-order valence-corrected chi connectivity index (χ0v) is 14.5. The molecular weight excluding hydrogens is 347 g/mol. The fourth-order valence-corrected chi connectivity index (χ4v) is 2.52. The Kier molecular flexibility index (Phi) is 4.57. The molecule has 4 rings (SSSR count). The zero-order valence-electron chi connectivity index (χ0n) is 14.5. The summed E-state index contributed by atoms with van der Waals surface area (Å²) in [5.74, 6) is 1.20. The van der Waals surface area contributed by atoms with Crippen molar-refractivity contribution in [2.45, 2.75) is 13.5 Å². The van der Waals surface area contributed by atoms with Gasteiger partial charge in [0.1, 0.15) is 5.82 Å². The second-order valence-electron chi connectivity index (χ2n) is 5.85. The molecule has 2 aromatic heterocycles. The highest BCUT2D eigenvalue weighted by molar-refractivity contribution is 5.55. The lowest BCUT2D eigenvalue weighted by atomic mass is 10.2. The van der Waals surface area contributed by atoms with Crippen LogP contribution in [0.1, 0.15) is 11.6 Å². The third-order valence-electron chi connectivity index (χ3n) is 3.76. The number of aromatic nitrogens is 4. The minimum Gasteiger partial charge on any atom is -0.467 e. The fourth-order valence-electron chi connectivity index (χ4n) is 2.52. The fraction of sp³-hybridized carbons (Fsp3) is 0.100. The highest BCUT2D eigenvalue weighted by Gasteiger charge is 2.11. The summed E-state index contributed by atoms with van der Waals surface area (Å²) < 4.78 is 24.2. The molecule has 0 saturated carbocycles. The van der Waals surface area contributed by atoms with Crippen molar-refractivity contribution in [3.05, 3.63) is 78.1 Å². The SMILES string of the molecule is Cc1cc(OCc2nc(-c3cccc(F)c3)no2)nc(-c2ccccc2)n1. The van der Waals surface area contributed by atoms with Crippen molar-refractivity contribution in [1.82, 2.24) is 20.1 Å². The van der Waals surface area contributed by atoms with Gasteiger partial charge in [0.15, 0.2) is 12.4 Å². The average molecular weight is 362 g/mol. The Labute approximate surface area is 154 Å². The maximum Gasteiger partial charge on any atom is 0.264 e. The van der Waals surface area contributed by atoms with Crippen molar-refractivity contribution in [3.8, 4) is 28.7 Å². The molecule has 2 aromatic carbocycles. The molecule has 2 heterocycles. The molecule has 0 aliphatic rings. The minimum absolute atomic E-state index is 0.0486. The number of aryl methyl sites for hydroxylation is 1. The standard InChI is InChI=1S/C20H15FN4O2/c1-13-10-17(23-19(22-13)14-6-3-2-4-7-14)26-12-18-24-20(25-27-18)15-8-5-9-16(21)11-15/h2-11H,12H2,1H3. The Morgan fingerprint density at radius 1 is 0.889 bits per heavy atom. The molecule has 0 amide bonds. The van der Waals surface area contributed by atoms with E-state index in [-0.39, 0.29) is 18.3 Å². The number of nitrogens with zero attached hydrogens (tertiary/aromatic N) is 4. The van der Waals surface area contributed by atoms with Crippen LogP contribution in [0.25, 0.3) is 22.8 Å². The maximum absolute atomic E-state index is 13.3. The van der Waals surface area contributed by atoms with Gasteiger partial charge in [0.05, 0.1) is 0 Å². The van der Waals surface area contributed by atoms with Gasteiger partial charge >= 0.3 is 0 Å². The zero-order chi connectivity index (χ0) is 18.6.